The number of halogens is 2. The number of amides is 1. The normalized spacial score (nSPS) is 26.3. The molecule has 2 aliphatic rings. The molecule has 0 bridgehead atoms. The number of carbonyl (C=O) groups is 1. The molecule has 0 radical (unpaired) electrons. The molecular formula is C15H18F2N2O. The molecule has 5 heteroatoms. The second kappa shape index (κ2) is 5.48. The predicted molar refractivity (Wildman–Crippen MR) is 71.2 cm³/mol. The highest BCUT2D eigenvalue weighted by Gasteiger charge is 2.45. The Morgan fingerprint density at radius 3 is 2.75 bits per heavy atom. The van der Waals surface area contributed by atoms with Crippen LogP contribution in [0.1, 0.15) is 30.7 Å². The summed E-state index contributed by atoms with van der Waals surface area (Å²) < 4.78 is 26.8. The molecule has 1 heterocycles. The fourth-order valence-electron chi connectivity index (χ4n) is 2.90. The van der Waals surface area contributed by atoms with Crippen molar-refractivity contribution >= 4 is 5.91 Å². The molecule has 108 valence electrons. The molecule has 2 N–H and O–H groups in total. The lowest BCUT2D eigenvalue weighted by Crippen LogP contribution is -2.43. The summed E-state index contributed by atoms with van der Waals surface area (Å²) in [7, 11) is 0. The highest BCUT2D eigenvalue weighted by molar-refractivity contribution is 5.83. The highest BCUT2D eigenvalue weighted by atomic mass is 19.1. The zero-order valence-electron chi connectivity index (χ0n) is 11.2. The van der Waals surface area contributed by atoms with Crippen LogP contribution in [0.15, 0.2) is 18.2 Å². The van der Waals surface area contributed by atoms with Crippen molar-refractivity contribution in [1.82, 2.24) is 10.6 Å². The van der Waals surface area contributed by atoms with Crippen LogP contribution < -0.4 is 10.6 Å². The average Bonchev–Trinajstić information content (AvgIpc) is 3.23. The number of benzene rings is 1. The lowest BCUT2D eigenvalue weighted by atomic mass is 10.1. The van der Waals surface area contributed by atoms with Gasteiger partial charge in [0.25, 0.3) is 0 Å². The zero-order chi connectivity index (χ0) is 14.1. The van der Waals surface area contributed by atoms with Crippen LogP contribution in [0.2, 0.25) is 0 Å². The van der Waals surface area contributed by atoms with Gasteiger partial charge in [0.1, 0.15) is 11.6 Å². The summed E-state index contributed by atoms with van der Waals surface area (Å²) in [5, 5.41) is 6.26. The highest BCUT2D eigenvalue weighted by Crippen LogP contribution is 2.48. The van der Waals surface area contributed by atoms with Crippen molar-refractivity contribution in [1.29, 1.82) is 0 Å². The van der Waals surface area contributed by atoms with E-state index in [9.17, 15) is 13.6 Å². The third kappa shape index (κ3) is 2.82. The van der Waals surface area contributed by atoms with Crippen molar-refractivity contribution in [2.75, 3.05) is 13.1 Å². The Bertz CT molecular complexity index is 515. The molecule has 1 saturated carbocycles. The molecule has 20 heavy (non-hydrogen) atoms. The second-order valence-corrected chi connectivity index (χ2v) is 5.65. The lowest BCUT2D eigenvalue weighted by Gasteiger charge is -2.23. The molecule has 2 fully saturated rings. The number of hydrogen-bond donors (Lipinski definition) is 2. The van der Waals surface area contributed by atoms with Gasteiger partial charge in [-0.1, -0.05) is 0 Å². The molecular weight excluding hydrogens is 262 g/mol. The van der Waals surface area contributed by atoms with E-state index in [1.54, 1.807) is 0 Å². The van der Waals surface area contributed by atoms with Crippen LogP contribution in [0.4, 0.5) is 8.78 Å². The fourth-order valence-corrected chi connectivity index (χ4v) is 2.90. The van der Waals surface area contributed by atoms with Gasteiger partial charge in [0.15, 0.2) is 0 Å². The van der Waals surface area contributed by atoms with Crippen LogP contribution in [0, 0.1) is 17.6 Å². The summed E-state index contributed by atoms with van der Waals surface area (Å²) in [5.74, 6) is -1.28. The molecule has 2 atom stereocenters. The van der Waals surface area contributed by atoms with Crippen molar-refractivity contribution in [2.24, 2.45) is 5.92 Å². The number of carbonyl (C=O) groups excluding carboxylic acids is 1. The van der Waals surface area contributed by atoms with Crippen molar-refractivity contribution in [3.63, 3.8) is 0 Å². The fraction of sp³-hybridized carbons (Fsp3) is 0.533. The summed E-state index contributed by atoms with van der Waals surface area (Å²) in [4.78, 5) is 12.1. The number of rotatable bonds is 3. The summed E-state index contributed by atoms with van der Waals surface area (Å²) in [6.45, 7) is 1.83. The Morgan fingerprint density at radius 2 is 2.00 bits per heavy atom. The molecule has 3 nitrogen and oxygen atoms in total. The van der Waals surface area contributed by atoms with Gasteiger partial charge in [-0.25, -0.2) is 8.78 Å². The van der Waals surface area contributed by atoms with Crippen LogP contribution in [0.5, 0.6) is 0 Å². The monoisotopic (exact) mass is 280 g/mol. The van der Waals surface area contributed by atoms with Gasteiger partial charge >= 0.3 is 0 Å². The molecule has 1 aromatic carbocycles. The quantitative estimate of drug-likeness (QED) is 0.888. The SMILES string of the molecule is O=C(NC1CCNCC1)C1CC1c1cc(F)ccc1F. The van der Waals surface area contributed by atoms with Crippen LogP contribution in [-0.4, -0.2) is 25.0 Å². The molecule has 1 aliphatic carbocycles. The van der Waals surface area contributed by atoms with Gasteiger partial charge in [-0.05, 0) is 62.0 Å². The molecule has 2 unspecified atom stereocenters. The van der Waals surface area contributed by atoms with Gasteiger partial charge in [-0.2, -0.15) is 0 Å². The molecule has 1 saturated heterocycles. The first-order valence-electron chi connectivity index (χ1n) is 7.11. The molecule has 0 spiro atoms. The van der Waals surface area contributed by atoms with Gasteiger partial charge in [-0.15, -0.1) is 0 Å². The predicted octanol–water partition coefficient (Wildman–Crippen LogP) is 1.94. The van der Waals surface area contributed by atoms with E-state index in [0.29, 0.717) is 12.0 Å². The van der Waals surface area contributed by atoms with E-state index in [1.807, 2.05) is 0 Å². The summed E-state index contributed by atoms with van der Waals surface area (Å²) >= 11 is 0. The third-order valence-electron chi connectivity index (χ3n) is 4.17. The van der Waals surface area contributed by atoms with Gasteiger partial charge in [0.2, 0.25) is 5.91 Å². The Balaban J connectivity index is 1.60. The maximum absolute atomic E-state index is 13.6. The Kier molecular flexibility index (Phi) is 3.70. The Labute approximate surface area is 116 Å². The maximum Gasteiger partial charge on any atom is 0.223 e. The van der Waals surface area contributed by atoms with E-state index in [-0.39, 0.29) is 23.8 Å². The van der Waals surface area contributed by atoms with Crippen molar-refractivity contribution < 1.29 is 13.6 Å². The topological polar surface area (TPSA) is 41.1 Å². The van der Waals surface area contributed by atoms with E-state index < -0.39 is 11.6 Å². The molecule has 1 aromatic rings. The lowest BCUT2D eigenvalue weighted by molar-refractivity contribution is -0.123. The van der Waals surface area contributed by atoms with Gasteiger partial charge < -0.3 is 10.6 Å². The minimum Gasteiger partial charge on any atom is -0.353 e. The zero-order valence-corrected chi connectivity index (χ0v) is 11.2. The van der Waals surface area contributed by atoms with E-state index in [2.05, 4.69) is 10.6 Å². The Hall–Kier alpha value is -1.49. The molecule has 1 amide bonds. The minimum absolute atomic E-state index is 0.0226. The summed E-state index contributed by atoms with van der Waals surface area (Å²) in [6.07, 6.45) is 2.46. The first-order valence-corrected chi connectivity index (χ1v) is 7.11. The minimum atomic E-state index is -0.453. The smallest absolute Gasteiger partial charge is 0.223 e. The summed E-state index contributed by atoms with van der Waals surface area (Å²) in [5.41, 5.74) is 0.329. The van der Waals surface area contributed by atoms with Crippen molar-refractivity contribution in [2.45, 2.75) is 31.2 Å². The first-order chi connectivity index (χ1) is 9.65. The van der Waals surface area contributed by atoms with E-state index in [1.165, 1.54) is 6.07 Å². The van der Waals surface area contributed by atoms with Crippen LogP contribution >= 0.6 is 0 Å². The maximum atomic E-state index is 13.6. The van der Waals surface area contributed by atoms with Gasteiger partial charge in [0.05, 0.1) is 0 Å². The van der Waals surface area contributed by atoms with Crippen LogP contribution in [0.25, 0.3) is 0 Å². The summed E-state index contributed by atoms with van der Waals surface area (Å²) in [6, 6.07) is 3.65. The largest absolute Gasteiger partial charge is 0.353 e. The number of piperidine rings is 1. The van der Waals surface area contributed by atoms with E-state index in [4.69, 9.17) is 0 Å². The molecule has 1 aliphatic heterocycles. The molecule has 0 aromatic heterocycles. The average molecular weight is 280 g/mol. The first kappa shape index (κ1) is 13.5. The van der Waals surface area contributed by atoms with E-state index in [0.717, 1.165) is 38.1 Å². The van der Waals surface area contributed by atoms with Gasteiger partial charge in [-0.3, -0.25) is 4.79 Å². The Morgan fingerprint density at radius 1 is 1.25 bits per heavy atom. The van der Waals surface area contributed by atoms with Crippen molar-refractivity contribution in [3.8, 4) is 0 Å². The number of nitrogens with one attached hydrogen (secondary N) is 2. The van der Waals surface area contributed by atoms with E-state index >= 15 is 0 Å². The third-order valence-corrected chi connectivity index (χ3v) is 4.17. The standard InChI is InChI=1S/C15H18F2N2O/c16-9-1-2-14(17)12(7-9)11-8-13(11)15(20)19-10-3-5-18-6-4-10/h1-2,7,10-11,13,18H,3-6,8H2,(H,19,20). The number of hydrogen-bond acceptors (Lipinski definition) is 2. The molecule has 3 rings (SSSR count). The van der Waals surface area contributed by atoms with Crippen LogP contribution in [0.3, 0.4) is 0 Å². The second-order valence-electron chi connectivity index (χ2n) is 5.65. The van der Waals surface area contributed by atoms with Gasteiger partial charge in [0, 0.05) is 12.0 Å². The van der Waals surface area contributed by atoms with Crippen molar-refractivity contribution in [3.05, 3.63) is 35.4 Å². The van der Waals surface area contributed by atoms with Crippen LogP contribution in [-0.2, 0) is 4.79 Å².